The molecule has 8 rings (SSSR count). The van der Waals surface area contributed by atoms with Gasteiger partial charge < -0.3 is 59.5 Å². The number of benzene rings is 5. The molecule has 1 aromatic heterocycles. The number of phenols is 2. The fraction of sp³-hybridized carbons (Fsp3) is 0.386. The zero-order chi connectivity index (χ0) is 51.3. The highest BCUT2D eigenvalue weighted by atomic mass is 32.1. The number of rotatable bonds is 23. The number of nitrogens with one attached hydrogen (secondary N) is 3. The molecule has 386 valence electrons. The molecule has 3 atom stereocenters. The van der Waals surface area contributed by atoms with Gasteiger partial charge in [0.15, 0.2) is 5.75 Å². The van der Waals surface area contributed by atoms with Crippen LogP contribution in [0, 0.1) is 5.41 Å². The van der Waals surface area contributed by atoms with E-state index < -0.39 is 17.5 Å². The van der Waals surface area contributed by atoms with E-state index in [1.165, 1.54) is 16.9 Å². The Bertz CT molecular complexity index is 2810. The van der Waals surface area contributed by atoms with Gasteiger partial charge >= 0.3 is 0 Å². The average Bonchev–Trinajstić information content (AvgIpc) is 3.73. The molecule has 0 fully saturated rings. The molecule has 0 saturated heterocycles. The third-order valence-corrected chi connectivity index (χ3v) is 14.1. The van der Waals surface area contributed by atoms with E-state index in [2.05, 4.69) is 28.1 Å². The number of carbonyl (C=O) groups excluding carboxylic acids is 3. The highest BCUT2D eigenvalue weighted by Gasteiger charge is 2.42. The van der Waals surface area contributed by atoms with Crippen molar-refractivity contribution in [2.75, 3.05) is 66.4 Å². The first kappa shape index (κ1) is 52.6. The Hall–Kier alpha value is -6.69. The Morgan fingerprint density at radius 2 is 1.37 bits per heavy atom. The summed E-state index contributed by atoms with van der Waals surface area (Å²) in [6.45, 7) is 8.94. The van der Waals surface area contributed by atoms with Gasteiger partial charge in [-0.1, -0.05) is 51.1 Å². The van der Waals surface area contributed by atoms with Crippen LogP contribution in [0.15, 0.2) is 109 Å². The summed E-state index contributed by atoms with van der Waals surface area (Å²) < 4.78 is 36.4. The fourth-order valence-electron chi connectivity index (χ4n) is 9.14. The molecule has 0 bridgehead atoms. The summed E-state index contributed by atoms with van der Waals surface area (Å²) >= 11 is 1.50. The number of likely N-dealkylation sites (N-methyl/N-ethyl adjacent to an activating group) is 1. The van der Waals surface area contributed by atoms with Crippen LogP contribution < -0.4 is 30.2 Å². The number of carbonyl (C=O) groups is 3. The maximum atomic E-state index is 14.6. The van der Waals surface area contributed by atoms with Crippen molar-refractivity contribution in [3.63, 3.8) is 0 Å². The van der Waals surface area contributed by atoms with Crippen molar-refractivity contribution in [2.24, 2.45) is 5.41 Å². The van der Waals surface area contributed by atoms with Crippen molar-refractivity contribution < 1.29 is 53.0 Å². The van der Waals surface area contributed by atoms with Crippen molar-refractivity contribution >= 4 is 39.1 Å². The Kier molecular flexibility index (Phi) is 17.9. The third kappa shape index (κ3) is 13.9. The summed E-state index contributed by atoms with van der Waals surface area (Å²) in [5.41, 5.74) is 4.46. The van der Waals surface area contributed by atoms with E-state index in [0.29, 0.717) is 82.3 Å². The van der Waals surface area contributed by atoms with Crippen LogP contribution in [0.2, 0.25) is 0 Å². The highest BCUT2D eigenvalue weighted by molar-refractivity contribution is 7.22. The first-order valence-electron chi connectivity index (χ1n) is 24.9. The number of nitrogens with zero attached hydrogens (tertiary/aromatic N) is 1. The normalized spacial score (nSPS) is 15.8. The summed E-state index contributed by atoms with van der Waals surface area (Å²) in [4.78, 5) is 44.2. The van der Waals surface area contributed by atoms with Crippen LogP contribution >= 0.6 is 11.3 Å². The summed E-state index contributed by atoms with van der Waals surface area (Å²) in [5.74, 6) is 2.14. The topological polar surface area (TPSA) is 186 Å². The lowest BCUT2D eigenvalue weighted by atomic mass is 9.84. The molecule has 0 radical (unpaired) electrons. The number of hydrogen-bond acceptors (Lipinski definition) is 13. The molecule has 16 heteroatoms. The van der Waals surface area contributed by atoms with Gasteiger partial charge in [0.1, 0.15) is 54.0 Å². The fourth-order valence-corrected chi connectivity index (χ4v) is 10.3. The molecule has 5 aromatic carbocycles. The summed E-state index contributed by atoms with van der Waals surface area (Å²) in [7, 11) is 1.68. The Labute approximate surface area is 430 Å². The molecule has 2 aliphatic rings. The number of thiophene rings is 1. The average molecular weight is 1020 g/mol. The predicted octanol–water partition coefficient (Wildman–Crippen LogP) is 8.48. The van der Waals surface area contributed by atoms with E-state index in [1.54, 1.807) is 36.2 Å². The van der Waals surface area contributed by atoms with Crippen LogP contribution in [0.25, 0.3) is 20.5 Å². The molecular formula is C57H66N4O11S. The van der Waals surface area contributed by atoms with Gasteiger partial charge in [-0.3, -0.25) is 14.4 Å². The van der Waals surface area contributed by atoms with E-state index in [9.17, 15) is 24.6 Å². The lowest BCUT2D eigenvalue weighted by molar-refractivity contribution is -0.147. The zero-order valence-corrected chi connectivity index (χ0v) is 42.8. The van der Waals surface area contributed by atoms with E-state index in [4.69, 9.17) is 28.4 Å². The van der Waals surface area contributed by atoms with Crippen LogP contribution in [0.3, 0.4) is 0 Å². The second kappa shape index (κ2) is 24.8. The first-order chi connectivity index (χ1) is 35.3. The number of amides is 3. The molecule has 0 unspecified atom stereocenters. The van der Waals surface area contributed by atoms with Gasteiger partial charge in [-0.2, -0.15) is 0 Å². The molecule has 1 aliphatic heterocycles. The molecule has 73 heavy (non-hydrogen) atoms. The zero-order valence-electron chi connectivity index (χ0n) is 41.9. The Balaban J connectivity index is 0.745. The van der Waals surface area contributed by atoms with E-state index >= 15 is 0 Å². The molecule has 6 aromatic rings. The van der Waals surface area contributed by atoms with Crippen LogP contribution in [-0.4, -0.2) is 111 Å². The predicted molar refractivity (Wildman–Crippen MR) is 281 cm³/mol. The lowest BCUT2D eigenvalue weighted by Gasteiger charge is -2.41. The van der Waals surface area contributed by atoms with E-state index in [-0.39, 0.29) is 48.4 Å². The number of aromatic hydroxyl groups is 2. The smallest absolute Gasteiger partial charge is 0.246 e. The Morgan fingerprint density at radius 1 is 0.726 bits per heavy atom. The van der Waals surface area contributed by atoms with Gasteiger partial charge in [0.25, 0.3) is 0 Å². The van der Waals surface area contributed by atoms with E-state index in [0.717, 1.165) is 56.5 Å². The molecule has 15 nitrogen and oxygen atoms in total. The van der Waals surface area contributed by atoms with Gasteiger partial charge in [-0.25, -0.2) is 0 Å². The molecule has 1 aliphatic carbocycles. The Morgan fingerprint density at radius 3 is 2.07 bits per heavy atom. The molecule has 0 saturated carbocycles. The molecule has 3 amide bonds. The minimum absolute atomic E-state index is 0.0610. The second-order valence-corrected chi connectivity index (χ2v) is 20.3. The monoisotopic (exact) mass is 1010 g/mol. The van der Waals surface area contributed by atoms with Crippen LogP contribution in [-0.2, 0) is 48.0 Å². The van der Waals surface area contributed by atoms with E-state index in [1.807, 2.05) is 93.6 Å². The number of ether oxygens (including phenoxy) is 6. The van der Waals surface area contributed by atoms with Crippen LogP contribution in [0.5, 0.6) is 34.5 Å². The SMILES string of the molecule is CNCC(=O)N[C@H](C(=O)N1Cc2cc(OCCOCCOCCOCCOc3ccc(Oc4c(-c5ccc(O)cc5)sc5cc(O)ccc45)cc3)ccc2C[C@H]1C(=O)N[C@@H]1CCCc2ccccc21)C(C)(C)C. The lowest BCUT2D eigenvalue weighted by Crippen LogP contribution is -2.61. The number of hydrogen-bond donors (Lipinski definition) is 5. The maximum absolute atomic E-state index is 14.6. The van der Waals surface area contributed by atoms with Crippen molar-refractivity contribution in [2.45, 2.75) is 71.1 Å². The third-order valence-electron chi connectivity index (χ3n) is 12.9. The van der Waals surface area contributed by atoms with Crippen LogP contribution in [0.1, 0.15) is 61.9 Å². The van der Waals surface area contributed by atoms with Gasteiger partial charge in [0.05, 0.1) is 57.1 Å². The van der Waals surface area contributed by atoms with Crippen molar-refractivity contribution in [3.05, 3.63) is 131 Å². The molecule has 0 spiro atoms. The first-order valence-corrected chi connectivity index (χ1v) is 25.7. The minimum atomic E-state index is -0.861. The van der Waals surface area contributed by atoms with Crippen molar-refractivity contribution in [1.82, 2.24) is 20.9 Å². The summed E-state index contributed by atoms with van der Waals surface area (Å²) in [6, 6.07) is 31.7. The summed E-state index contributed by atoms with van der Waals surface area (Å²) in [6.07, 6.45) is 3.08. The summed E-state index contributed by atoms with van der Waals surface area (Å²) in [5, 5.41) is 29.8. The van der Waals surface area contributed by atoms with Crippen LogP contribution in [0.4, 0.5) is 0 Å². The van der Waals surface area contributed by atoms with Gasteiger partial charge in [0, 0.05) is 23.1 Å². The number of fused-ring (bicyclic) bond motifs is 3. The molecular weight excluding hydrogens is 949 g/mol. The minimum Gasteiger partial charge on any atom is -0.508 e. The van der Waals surface area contributed by atoms with Crippen molar-refractivity contribution in [1.29, 1.82) is 0 Å². The van der Waals surface area contributed by atoms with Crippen molar-refractivity contribution in [3.8, 4) is 44.9 Å². The highest BCUT2D eigenvalue weighted by Crippen LogP contribution is 2.47. The van der Waals surface area contributed by atoms with Gasteiger partial charge in [-0.15, -0.1) is 11.3 Å². The standard InChI is InChI=1S/C57H66N4O11S/c1-57(2,3)54(60-51(64)35-58-4)56(66)61-36-40-32-45(18-14-39(40)33-49(61)55(65)59-48-11-7-9-37-8-5-6-10-46(37)48)71-31-29-69-27-25-67-24-26-68-28-30-70-43-19-21-44(22-20-43)72-52-47-23-17-42(63)34-50(47)73-53(52)38-12-15-41(62)16-13-38/h5-6,8,10,12-23,32,34,48-49,54,58,62-63H,7,9,11,24-31,33,35-36H2,1-4H3,(H,59,65)(H,60,64)/t48-,49+,54-/m1/s1. The maximum Gasteiger partial charge on any atom is 0.246 e. The second-order valence-electron chi connectivity index (χ2n) is 19.3. The quantitative estimate of drug-likeness (QED) is 0.0386. The van der Waals surface area contributed by atoms with Gasteiger partial charge in [0.2, 0.25) is 17.7 Å². The number of phenolic OH excluding ortho intramolecular Hbond substituents is 2. The largest absolute Gasteiger partial charge is 0.508 e. The number of aryl methyl sites for hydroxylation is 1. The molecule has 2 heterocycles. The molecule has 5 N–H and O–H groups in total. The van der Waals surface area contributed by atoms with Gasteiger partial charge in [-0.05, 0) is 138 Å².